The van der Waals surface area contributed by atoms with Crippen molar-refractivity contribution in [1.82, 2.24) is 15.4 Å². The first-order valence-electron chi connectivity index (χ1n) is 9.10. The average Bonchev–Trinajstić information content (AvgIpc) is 3.06. The van der Waals surface area contributed by atoms with Crippen molar-refractivity contribution >= 4 is 29.3 Å². The fourth-order valence-electron chi connectivity index (χ4n) is 2.92. The van der Waals surface area contributed by atoms with Crippen LogP contribution in [0.2, 0.25) is 0 Å². The van der Waals surface area contributed by atoms with Crippen LogP contribution in [0.3, 0.4) is 0 Å². The van der Waals surface area contributed by atoms with Crippen molar-refractivity contribution in [3.63, 3.8) is 0 Å². The van der Waals surface area contributed by atoms with E-state index in [0.717, 1.165) is 0 Å². The number of nitro benzene ring substituents is 1. The van der Waals surface area contributed by atoms with Crippen LogP contribution in [0.4, 0.5) is 5.69 Å². The highest BCUT2D eigenvalue weighted by Crippen LogP contribution is 2.19. The fourth-order valence-corrected chi connectivity index (χ4v) is 2.92. The van der Waals surface area contributed by atoms with E-state index >= 15 is 0 Å². The van der Waals surface area contributed by atoms with Crippen LogP contribution in [-0.2, 0) is 19.2 Å². The second-order valence-corrected chi connectivity index (χ2v) is 6.86. The summed E-state index contributed by atoms with van der Waals surface area (Å²) in [5.74, 6) is -2.90. The molecule has 30 heavy (non-hydrogen) atoms. The third-order valence-corrected chi connectivity index (χ3v) is 4.78. The van der Waals surface area contributed by atoms with Gasteiger partial charge in [-0.3, -0.25) is 39.3 Å². The molecule has 2 N–H and O–H groups in total. The summed E-state index contributed by atoms with van der Waals surface area (Å²) in [6.45, 7) is 1.27. The zero-order valence-electron chi connectivity index (χ0n) is 16.4. The molecule has 12 heteroatoms. The molecular formula is C18H22N4O8. The molecule has 0 bridgehead atoms. The Kier molecular flexibility index (Phi) is 7.55. The summed E-state index contributed by atoms with van der Waals surface area (Å²) in [5.41, 5.74) is 1.53. The number of carbonyl (C=O) groups excluding carboxylic acids is 4. The first kappa shape index (κ1) is 22.9. The van der Waals surface area contributed by atoms with E-state index in [1.54, 1.807) is 0 Å². The zero-order chi connectivity index (χ0) is 22.4. The highest BCUT2D eigenvalue weighted by atomic mass is 16.7. The molecule has 0 radical (unpaired) electrons. The van der Waals surface area contributed by atoms with E-state index in [-0.39, 0.29) is 37.1 Å². The van der Waals surface area contributed by atoms with Gasteiger partial charge in [-0.15, -0.1) is 0 Å². The Balaban J connectivity index is 2.17. The number of non-ortho nitro benzene ring substituents is 1. The Hall–Kier alpha value is -3.38. The molecule has 1 aliphatic rings. The standard InChI is InChI=1S/C18H22N4O8/c1-11(17(25)19-27)9-14(10-30-21-15(23)7-8-16(21)24)20(2)18(26)12-3-5-13(6-4-12)22(28)29/h3-6,11,14,27H,7-10H2,1-2H3,(H,19,25)/t11-,14-/m0/s1. The zero-order valence-corrected chi connectivity index (χ0v) is 16.4. The Morgan fingerprint density at radius 2 is 1.83 bits per heavy atom. The van der Waals surface area contributed by atoms with Gasteiger partial charge in [-0.25, -0.2) is 5.48 Å². The molecule has 0 aliphatic carbocycles. The molecule has 12 nitrogen and oxygen atoms in total. The summed E-state index contributed by atoms with van der Waals surface area (Å²) in [6, 6.07) is 4.23. The Morgan fingerprint density at radius 1 is 1.27 bits per heavy atom. The maximum absolute atomic E-state index is 12.8. The first-order valence-corrected chi connectivity index (χ1v) is 9.10. The number of hydroxylamine groups is 3. The minimum atomic E-state index is -0.749. The van der Waals surface area contributed by atoms with E-state index in [0.29, 0.717) is 5.06 Å². The van der Waals surface area contributed by atoms with Crippen LogP contribution < -0.4 is 5.48 Å². The molecule has 162 valence electrons. The SMILES string of the molecule is C[C@@H](C[C@@H](CON1C(=O)CCC1=O)N(C)C(=O)c1ccc([N+](=O)[O-])cc1)C(=O)NO. The maximum Gasteiger partial charge on any atom is 0.269 e. The van der Waals surface area contributed by atoms with E-state index < -0.39 is 40.5 Å². The van der Waals surface area contributed by atoms with Crippen molar-refractivity contribution < 1.29 is 34.1 Å². The van der Waals surface area contributed by atoms with E-state index in [4.69, 9.17) is 10.0 Å². The van der Waals surface area contributed by atoms with E-state index in [2.05, 4.69) is 0 Å². The smallest absolute Gasteiger partial charge is 0.269 e. The lowest BCUT2D eigenvalue weighted by Gasteiger charge is -2.30. The summed E-state index contributed by atoms with van der Waals surface area (Å²) in [7, 11) is 1.44. The van der Waals surface area contributed by atoms with Crippen LogP contribution in [0, 0.1) is 16.0 Å². The summed E-state index contributed by atoms with van der Waals surface area (Å²) >= 11 is 0. The lowest BCUT2D eigenvalue weighted by atomic mass is 10.00. The Labute approximate surface area is 171 Å². The normalized spacial score (nSPS) is 15.6. The number of nitrogens with one attached hydrogen (secondary N) is 1. The summed E-state index contributed by atoms with van der Waals surface area (Å²) in [6.07, 6.45) is 0.118. The van der Waals surface area contributed by atoms with Crippen LogP contribution in [0.5, 0.6) is 0 Å². The lowest BCUT2D eigenvalue weighted by molar-refractivity contribution is -0.384. The second-order valence-electron chi connectivity index (χ2n) is 6.86. The minimum absolute atomic E-state index is 0.0321. The molecule has 0 saturated carbocycles. The molecule has 1 aromatic carbocycles. The molecule has 2 atom stereocenters. The minimum Gasteiger partial charge on any atom is -0.336 e. The topological polar surface area (TPSA) is 159 Å². The molecule has 1 fully saturated rings. The monoisotopic (exact) mass is 422 g/mol. The highest BCUT2D eigenvalue weighted by molar-refractivity contribution is 6.00. The third kappa shape index (κ3) is 5.36. The highest BCUT2D eigenvalue weighted by Gasteiger charge is 2.33. The predicted octanol–water partition coefficient (Wildman–Crippen LogP) is 0.648. The van der Waals surface area contributed by atoms with Crippen molar-refractivity contribution in [3.05, 3.63) is 39.9 Å². The predicted molar refractivity (Wildman–Crippen MR) is 99.7 cm³/mol. The van der Waals surface area contributed by atoms with Gasteiger partial charge >= 0.3 is 0 Å². The van der Waals surface area contributed by atoms with Gasteiger partial charge in [-0.2, -0.15) is 5.06 Å². The van der Waals surface area contributed by atoms with Gasteiger partial charge in [0.2, 0.25) is 5.91 Å². The van der Waals surface area contributed by atoms with Gasteiger partial charge in [0.05, 0.1) is 17.6 Å². The molecule has 1 saturated heterocycles. The van der Waals surface area contributed by atoms with Crippen molar-refractivity contribution in [2.75, 3.05) is 13.7 Å². The van der Waals surface area contributed by atoms with Gasteiger partial charge in [-0.05, 0) is 18.6 Å². The van der Waals surface area contributed by atoms with Crippen LogP contribution in [-0.4, -0.2) is 63.4 Å². The van der Waals surface area contributed by atoms with Gasteiger partial charge in [0.1, 0.15) is 0 Å². The lowest BCUT2D eigenvalue weighted by Crippen LogP contribution is -2.45. The molecule has 0 unspecified atom stereocenters. The van der Waals surface area contributed by atoms with Crippen molar-refractivity contribution in [3.8, 4) is 0 Å². The number of nitro groups is 1. The number of nitrogens with zero attached hydrogens (tertiary/aromatic N) is 3. The Bertz CT molecular complexity index is 825. The van der Waals surface area contributed by atoms with Crippen LogP contribution in [0.25, 0.3) is 0 Å². The fraction of sp³-hybridized carbons (Fsp3) is 0.444. The summed E-state index contributed by atoms with van der Waals surface area (Å²) < 4.78 is 0. The molecule has 4 amide bonds. The van der Waals surface area contributed by atoms with E-state index in [1.165, 1.54) is 48.6 Å². The molecule has 1 aliphatic heterocycles. The third-order valence-electron chi connectivity index (χ3n) is 4.78. The molecule has 1 heterocycles. The van der Waals surface area contributed by atoms with Gasteiger partial charge in [-0.1, -0.05) is 6.92 Å². The average molecular weight is 422 g/mol. The van der Waals surface area contributed by atoms with E-state index in [1.807, 2.05) is 0 Å². The number of carbonyl (C=O) groups is 4. The maximum atomic E-state index is 12.8. The number of benzene rings is 1. The number of hydrogen-bond acceptors (Lipinski definition) is 8. The van der Waals surface area contributed by atoms with Crippen LogP contribution in [0.15, 0.2) is 24.3 Å². The van der Waals surface area contributed by atoms with Crippen LogP contribution >= 0.6 is 0 Å². The van der Waals surface area contributed by atoms with E-state index in [9.17, 15) is 29.3 Å². The van der Waals surface area contributed by atoms with Crippen molar-refractivity contribution in [2.24, 2.45) is 5.92 Å². The van der Waals surface area contributed by atoms with Crippen LogP contribution in [0.1, 0.15) is 36.5 Å². The molecular weight excluding hydrogens is 400 g/mol. The summed E-state index contributed by atoms with van der Waals surface area (Å²) in [5, 5.41) is 20.2. The number of amides is 4. The van der Waals surface area contributed by atoms with Crippen molar-refractivity contribution in [2.45, 2.75) is 32.2 Å². The summed E-state index contributed by atoms with van der Waals surface area (Å²) in [4.78, 5) is 64.7. The van der Waals surface area contributed by atoms with Gasteiger partial charge in [0.15, 0.2) is 0 Å². The largest absolute Gasteiger partial charge is 0.336 e. The molecule has 2 rings (SSSR count). The molecule has 1 aromatic rings. The van der Waals surface area contributed by atoms with Crippen molar-refractivity contribution in [1.29, 1.82) is 0 Å². The Morgan fingerprint density at radius 3 is 2.33 bits per heavy atom. The molecule has 0 spiro atoms. The van der Waals surface area contributed by atoms with Gasteiger partial charge in [0.25, 0.3) is 23.4 Å². The first-order chi connectivity index (χ1) is 14.1. The number of rotatable bonds is 9. The number of hydrogen-bond donors (Lipinski definition) is 2. The second kappa shape index (κ2) is 9.89. The molecule has 0 aromatic heterocycles. The number of imide groups is 1. The quantitative estimate of drug-likeness (QED) is 0.254. The van der Waals surface area contributed by atoms with Gasteiger partial charge in [0, 0.05) is 43.5 Å². The number of likely N-dealkylation sites (N-methyl/N-ethyl adjacent to an activating group) is 1. The van der Waals surface area contributed by atoms with Gasteiger partial charge < -0.3 is 4.90 Å².